The van der Waals surface area contributed by atoms with E-state index in [2.05, 4.69) is 44.2 Å². The number of carbonyl (C=O) groups is 1. The first-order valence-electron chi connectivity index (χ1n) is 6.85. The second-order valence-corrected chi connectivity index (χ2v) is 6.36. The van der Waals surface area contributed by atoms with Gasteiger partial charge >= 0.3 is 0 Å². The number of ketones is 1. The van der Waals surface area contributed by atoms with Crippen LogP contribution >= 0.6 is 11.8 Å². The summed E-state index contributed by atoms with van der Waals surface area (Å²) in [6.07, 6.45) is 0.572. The van der Waals surface area contributed by atoms with Crippen LogP contribution in [0.5, 0.6) is 0 Å². The van der Waals surface area contributed by atoms with Gasteiger partial charge in [0.1, 0.15) is 5.78 Å². The van der Waals surface area contributed by atoms with Crippen molar-refractivity contribution < 1.29 is 4.79 Å². The number of carbonyl (C=O) groups excluding carboxylic acids is 1. The summed E-state index contributed by atoms with van der Waals surface area (Å²) in [5.74, 6) is 0.234. The van der Waals surface area contributed by atoms with Crippen LogP contribution in [0.4, 0.5) is 0 Å². The molecule has 0 heterocycles. The minimum Gasteiger partial charge on any atom is -0.300 e. The topological polar surface area (TPSA) is 17.1 Å². The highest BCUT2D eigenvalue weighted by molar-refractivity contribution is 7.99. The fourth-order valence-electron chi connectivity index (χ4n) is 2.28. The van der Waals surface area contributed by atoms with Gasteiger partial charge in [0.25, 0.3) is 0 Å². The van der Waals surface area contributed by atoms with Crippen molar-refractivity contribution in [1.29, 1.82) is 0 Å². The zero-order valence-electron chi connectivity index (χ0n) is 12.2. The van der Waals surface area contributed by atoms with Gasteiger partial charge < -0.3 is 0 Å². The Morgan fingerprint density at radius 2 is 1.60 bits per heavy atom. The van der Waals surface area contributed by atoms with Gasteiger partial charge in [-0.3, -0.25) is 4.79 Å². The normalized spacial score (nSPS) is 12.2. The third-order valence-corrected chi connectivity index (χ3v) is 4.92. The van der Waals surface area contributed by atoms with Crippen molar-refractivity contribution in [2.24, 2.45) is 0 Å². The van der Waals surface area contributed by atoms with Crippen molar-refractivity contribution in [3.8, 4) is 0 Å². The summed E-state index contributed by atoms with van der Waals surface area (Å²) in [4.78, 5) is 12.9. The predicted molar refractivity (Wildman–Crippen MR) is 86.3 cm³/mol. The van der Waals surface area contributed by atoms with Crippen LogP contribution in [-0.4, -0.2) is 5.78 Å². The molecule has 0 aliphatic rings. The number of benzene rings is 2. The van der Waals surface area contributed by atoms with E-state index < -0.39 is 0 Å². The fraction of sp³-hybridized carbons (Fsp3) is 0.278. The van der Waals surface area contributed by atoms with Crippen molar-refractivity contribution in [1.82, 2.24) is 0 Å². The van der Waals surface area contributed by atoms with Gasteiger partial charge in [0, 0.05) is 16.6 Å². The van der Waals surface area contributed by atoms with Gasteiger partial charge in [0.2, 0.25) is 0 Å². The van der Waals surface area contributed by atoms with Gasteiger partial charge in [-0.05, 0) is 37.5 Å². The Morgan fingerprint density at radius 1 is 1.00 bits per heavy atom. The third-order valence-electron chi connectivity index (χ3n) is 3.31. The zero-order valence-corrected chi connectivity index (χ0v) is 13.0. The Hall–Kier alpha value is -1.54. The Balaban J connectivity index is 2.31. The van der Waals surface area contributed by atoms with Gasteiger partial charge in [0.05, 0.1) is 0 Å². The highest BCUT2D eigenvalue weighted by atomic mass is 32.2. The highest BCUT2D eigenvalue weighted by Crippen LogP contribution is 2.40. The van der Waals surface area contributed by atoms with E-state index in [1.807, 2.05) is 18.2 Å². The quantitative estimate of drug-likeness (QED) is 0.709. The van der Waals surface area contributed by atoms with E-state index in [1.54, 1.807) is 18.7 Å². The number of hydrogen-bond acceptors (Lipinski definition) is 2. The number of hydrogen-bond donors (Lipinski definition) is 0. The smallest absolute Gasteiger partial charge is 0.131 e. The first kappa shape index (κ1) is 14.9. The van der Waals surface area contributed by atoms with Crippen LogP contribution in [-0.2, 0) is 4.79 Å². The molecule has 0 aliphatic heterocycles. The van der Waals surface area contributed by atoms with Crippen LogP contribution in [0.25, 0.3) is 0 Å². The molecule has 0 aromatic heterocycles. The van der Waals surface area contributed by atoms with E-state index in [0.29, 0.717) is 6.42 Å². The molecule has 20 heavy (non-hydrogen) atoms. The molecular weight excluding hydrogens is 264 g/mol. The summed E-state index contributed by atoms with van der Waals surface area (Å²) < 4.78 is 0. The molecule has 0 bridgehead atoms. The van der Waals surface area contributed by atoms with Gasteiger partial charge in [-0.2, -0.15) is 0 Å². The lowest BCUT2D eigenvalue weighted by Gasteiger charge is -2.18. The maximum Gasteiger partial charge on any atom is 0.131 e. The average Bonchev–Trinajstić information content (AvgIpc) is 2.42. The average molecular weight is 284 g/mol. The molecule has 0 radical (unpaired) electrons. The molecule has 2 heteroatoms. The van der Waals surface area contributed by atoms with Crippen molar-refractivity contribution in [3.63, 3.8) is 0 Å². The molecule has 0 unspecified atom stereocenters. The van der Waals surface area contributed by atoms with Crippen molar-refractivity contribution in [3.05, 3.63) is 65.2 Å². The number of thioether (sulfide) groups is 1. The summed E-state index contributed by atoms with van der Waals surface area (Å²) in [5.41, 5.74) is 3.77. The molecule has 1 nitrogen and oxygen atoms in total. The SMILES string of the molecule is CC(=O)C[C@H](Sc1c(C)cccc1C)c1ccccc1. The summed E-state index contributed by atoms with van der Waals surface area (Å²) in [6, 6.07) is 16.6. The van der Waals surface area contributed by atoms with Crippen LogP contribution in [0, 0.1) is 13.8 Å². The summed E-state index contributed by atoms with van der Waals surface area (Å²) in [7, 11) is 0. The van der Waals surface area contributed by atoms with E-state index in [0.717, 1.165) is 0 Å². The number of aryl methyl sites for hydroxylation is 2. The van der Waals surface area contributed by atoms with Crippen molar-refractivity contribution in [2.75, 3.05) is 0 Å². The lowest BCUT2D eigenvalue weighted by atomic mass is 10.1. The van der Waals surface area contributed by atoms with Gasteiger partial charge in [-0.15, -0.1) is 11.8 Å². The molecule has 2 rings (SSSR count). The molecule has 2 aromatic rings. The molecule has 2 aromatic carbocycles. The lowest BCUT2D eigenvalue weighted by molar-refractivity contribution is -0.117. The lowest BCUT2D eigenvalue weighted by Crippen LogP contribution is -2.02. The zero-order chi connectivity index (χ0) is 14.5. The molecule has 0 saturated heterocycles. The van der Waals surface area contributed by atoms with E-state index >= 15 is 0 Å². The Labute approximate surface area is 125 Å². The monoisotopic (exact) mass is 284 g/mol. The van der Waals surface area contributed by atoms with Crippen LogP contribution in [0.3, 0.4) is 0 Å². The summed E-state index contributed by atoms with van der Waals surface area (Å²) in [5, 5.41) is 0.188. The number of Topliss-reactive ketones (excluding diaryl/α,β-unsaturated/α-hetero) is 1. The largest absolute Gasteiger partial charge is 0.300 e. The second kappa shape index (κ2) is 6.76. The summed E-state index contributed by atoms with van der Waals surface area (Å²) >= 11 is 1.80. The Bertz CT molecular complexity index is 569. The molecule has 104 valence electrons. The van der Waals surface area contributed by atoms with Crippen molar-refractivity contribution in [2.45, 2.75) is 37.3 Å². The fourth-order valence-corrected chi connectivity index (χ4v) is 3.69. The molecule has 0 amide bonds. The maximum absolute atomic E-state index is 11.6. The first-order chi connectivity index (χ1) is 9.58. The standard InChI is InChI=1S/C18H20OS/c1-13-8-7-9-14(2)18(13)20-17(12-15(3)19)16-10-5-4-6-11-16/h4-11,17H,12H2,1-3H3/t17-/m0/s1. The Kier molecular flexibility index (Phi) is 5.02. The molecule has 0 spiro atoms. The molecule has 0 N–H and O–H groups in total. The van der Waals surface area contributed by atoms with Crippen LogP contribution in [0.2, 0.25) is 0 Å². The molecular formula is C18H20OS. The first-order valence-corrected chi connectivity index (χ1v) is 7.73. The predicted octanol–water partition coefficient (Wildman–Crippen LogP) is 5.12. The molecule has 0 aliphatic carbocycles. The Morgan fingerprint density at radius 3 is 2.15 bits per heavy atom. The van der Waals surface area contributed by atoms with E-state index in [-0.39, 0.29) is 11.0 Å². The van der Waals surface area contributed by atoms with E-state index in [1.165, 1.54) is 21.6 Å². The number of rotatable bonds is 5. The van der Waals surface area contributed by atoms with E-state index in [4.69, 9.17) is 0 Å². The molecule has 1 atom stereocenters. The third kappa shape index (κ3) is 3.73. The van der Waals surface area contributed by atoms with Gasteiger partial charge in [-0.25, -0.2) is 0 Å². The van der Waals surface area contributed by atoms with Crippen LogP contribution in [0.15, 0.2) is 53.4 Å². The van der Waals surface area contributed by atoms with E-state index in [9.17, 15) is 4.79 Å². The minimum absolute atomic E-state index is 0.188. The molecule has 0 fully saturated rings. The molecule has 0 saturated carbocycles. The van der Waals surface area contributed by atoms with Crippen LogP contribution in [0.1, 0.15) is 35.3 Å². The van der Waals surface area contributed by atoms with Crippen molar-refractivity contribution >= 4 is 17.5 Å². The maximum atomic E-state index is 11.6. The van der Waals surface area contributed by atoms with Gasteiger partial charge in [-0.1, -0.05) is 48.5 Å². The van der Waals surface area contributed by atoms with Gasteiger partial charge in [0.15, 0.2) is 0 Å². The second-order valence-electron chi connectivity index (χ2n) is 5.14. The minimum atomic E-state index is 0.188. The summed E-state index contributed by atoms with van der Waals surface area (Å²) in [6.45, 7) is 5.93. The highest BCUT2D eigenvalue weighted by Gasteiger charge is 2.17. The van der Waals surface area contributed by atoms with Crippen LogP contribution < -0.4 is 0 Å².